The van der Waals surface area contributed by atoms with E-state index in [2.05, 4.69) is 5.32 Å². The van der Waals surface area contributed by atoms with Crippen LogP contribution in [-0.2, 0) is 19.1 Å². The molecule has 33 heavy (non-hydrogen) atoms. The lowest BCUT2D eigenvalue weighted by molar-refractivity contribution is -0.156. The summed E-state index contributed by atoms with van der Waals surface area (Å²) >= 11 is 0. The summed E-state index contributed by atoms with van der Waals surface area (Å²) < 4.78 is 5.35. The van der Waals surface area contributed by atoms with Gasteiger partial charge in [0.15, 0.2) is 0 Å². The average Bonchev–Trinajstić information content (AvgIpc) is 3.09. The Morgan fingerprint density at radius 3 is 2.52 bits per heavy atom. The Hall–Kier alpha value is -2.67. The van der Waals surface area contributed by atoms with E-state index < -0.39 is 35.8 Å². The molecule has 0 unspecified atom stereocenters. The number of hydrogen-bond acceptors (Lipinski definition) is 5. The maximum atomic E-state index is 13.8. The number of aliphatic hydroxyl groups excluding tert-OH is 1. The van der Waals surface area contributed by atoms with E-state index in [1.165, 1.54) is 4.90 Å². The number of anilines is 1. The Bertz CT molecular complexity index is 923. The molecule has 1 aliphatic carbocycles. The van der Waals surface area contributed by atoms with Crippen molar-refractivity contribution in [2.75, 3.05) is 18.5 Å². The van der Waals surface area contributed by atoms with Crippen LogP contribution in [0.4, 0.5) is 5.69 Å². The number of nitrogens with zero attached hydrogens (tertiary/aromatic N) is 1. The lowest BCUT2D eigenvalue weighted by atomic mass is 9.69. The fourth-order valence-corrected chi connectivity index (χ4v) is 5.28. The standard InChI is InChI=1S/C26H36N2O5/c1-6-17-11-12-19-22(21(17)26(32)33-8-3)25(31)28(18(7-2)14-29)23(19)24(30)27-20-13-15(4)9-10-16(20)5/h9-13,17-19,21-23,29H,6-8,14H2,1-5H3,(H,27,30)/t17-,18+,19+,21-,22-,23+/m1/s1. The van der Waals surface area contributed by atoms with E-state index in [9.17, 15) is 19.5 Å². The number of allylic oxidation sites excluding steroid dienone is 1. The van der Waals surface area contributed by atoms with E-state index in [-0.39, 0.29) is 30.9 Å². The zero-order valence-corrected chi connectivity index (χ0v) is 20.2. The van der Waals surface area contributed by atoms with Crippen LogP contribution in [0.5, 0.6) is 0 Å². The zero-order valence-electron chi connectivity index (χ0n) is 20.2. The highest BCUT2D eigenvalue weighted by Gasteiger charge is 2.58. The van der Waals surface area contributed by atoms with Gasteiger partial charge in [0.05, 0.1) is 31.1 Å². The third kappa shape index (κ3) is 4.69. The van der Waals surface area contributed by atoms with E-state index in [1.54, 1.807) is 6.92 Å². The van der Waals surface area contributed by atoms with E-state index in [0.717, 1.165) is 11.1 Å². The van der Waals surface area contributed by atoms with Gasteiger partial charge in [-0.1, -0.05) is 38.1 Å². The van der Waals surface area contributed by atoms with Crippen molar-refractivity contribution in [3.05, 3.63) is 41.5 Å². The van der Waals surface area contributed by atoms with Gasteiger partial charge < -0.3 is 20.1 Å². The Morgan fingerprint density at radius 2 is 1.91 bits per heavy atom. The van der Waals surface area contributed by atoms with Crippen LogP contribution in [0.15, 0.2) is 30.4 Å². The minimum Gasteiger partial charge on any atom is -0.466 e. The van der Waals surface area contributed by atoms with Crippen LogP contribution < -0.4 is 5.32 Å². The molecule has 0 saturated carbocycles. The predicted octanol–water partition coefficient (Wildman–Crippen LogP) is 3.23. The lowest BCUT2D eigenvalue weighted by Crippen LogP contribution is -2.50. The van der Waals surface area contributed by atoms with Gasteiger partial charge in [-0.15, -0.1) is 0 Å². The van der Waals surface area contributed by atoms with Gasteiger partial charge in [-0.2, -0.15) is 0 Å². The fraction of sp³-hybridized carbons (Fsp3) is 0.577. The summed E-state index contributed by atoms with van der Waals surface area (Å²) in [5.74, 6) is -2.90. The summed E-state index contributed by atoms with van der Waals surface area (Å²) in [5, 5.41) is 13.0. The Morgan fingerprint density at radius 1 is 1.18 bits per heavy atom. The number of nitrogens with one attached hydrogen (secondary N) is 1. The van der Waals surface area contributed by atoms with Crippen LogP contribution in [0, 0.1) is 37.5 Å². The molecule has 0 bridgehead atoms. The van der Waals surface area contributed by atoms with E-state index in [0.29, 0.717) is 18.5 Å². The number of ether oxygens (including phenoxy) is 1. The smallest absolute Gasteiger partial charge is 0.310 e. The molecular formula is C26H36N2O5. The third-order valence-corrected chi connectivity index (χ3v) is 7.07. The first-order chi connectivity index (χ1) is 15.8. The number of rotatable bonds is 8. The number of amides is 2. The molecule has 1 aromatic carbocycles. The molecule has 6 atom stereocenters. The van der Waals surface area contributed by atoms with Gasteiger partial charge in [0, 0.05) is 11.6 Å². The molecule has 1 aliphatic heterocycles. The number of fused-ring (bicyclic) bond motifs is 1. The first kappa shape index (κ1) is 25.0. The molecule has 1 saturated heterocycles. The van der Waals surface area contributed by atoms with Crippen LogP contribution in [0.3, 0.4) is 0 Å². The molecule has 2 aliphatic rings. The molecule has 0 aromatic heterocycles. The van der Waals surface area contributed by atoms with Crippen LogP contribution in [0.2, 0.25) is 0 Å². The molecule has 2 N–H and O–H groups in total. The summed E-state index contributed by atoms with van der Waals surface area (Å²) in [6, 6.07) is 4.50. The average molecular weight is 457 g/mol. The molecule has 180 valence electrons. The Kier molecular flexibility index (Phi) is 7.95. The van der Waals surface area contributed by atoms with Gasteiger partial charge in [-0.25, -0.2) is 0 Å². The second-order valence-electron chi connectivity index (χ2n) is 9.08. The largest absolute Gasteiger partial charge is 0.466 e. The van der Waals surface area contributed by atoms with Crippen molar-refractivity contribution in [2.45, 2.75) is 59.5 Å². The quantitative estimate of drug-likeness (QED) is 0.463. The maximum absolute atomic E-state index is 13.8. The normalized spacial score (nSPS) is 27.3. The van der Waals surface area contributed by atoms with Crippen molar-refractivity contribution in [1.82, 2.24) is 4.90 Å². The molecule has 0 spiro atoms. The van der Waals surface area contributed by atoms with Crippen molar-refractivity contribution in [1.29, 1.82) is 0 Å². The number of benzene rings is 1. The van der Waals surface area contributed by atoms with Crippen LogP contribution in [0.25, 0.3) is 0 Å². The molecule has 0 radical (unpaired) electrons. The number of hydrogen-bond donors (Lipinski definition) is 2. The van der Waals surface area contributed by atoms with Gasteiger partial charge in [0.1, 0.15) is 6.04 Å². The zero-order chi connectivity index (χ0) is 24.3. The highest BCUT2D eigenvalue weighted by atomic mass is 16.5. The predicted molar refractivity (Wildman–Crippen MR) is 126 cm³/mol. The lowest BCUT2D eigenvalue weighted by Gasteiger charge is -2.33. The Balaban J connectivity index is 2.04. The number of carbonyl (C=O) groups excluding carboxylic acids is 3. The summed E-state index contributed by atoms with van der Waals surface area (Å²) in [4.78, 5) is 41.9. The van der Waals surface area contributed by atoms with Gasteiger partial charge in [-0.05, 0) is 56.7 Å². The van der Waals surface area contributed by atoms with Gasteiger partial charge in [0.25, 0.3) is 0 Å². The van der Waals surface area contributed by atoms with E-state index in [1.807, 2.05) is 58.0 Å². The second-order valence-corrected chi connectivity index (χ2v) is 9.08. The first-order valence-electron chi connectivity index (χ1n) is 11.9. The molecule has 7 nitrogen and oxygen atoms in total. The fourth-order valence-electron chi connectivity index (χ4n) is 5.28. The summed E-state index contributed by atoms with van der Waals surface area (Å²) in [5.41, 5.74) is 2.63. The highest BCUT2D eigenvalue weighted by molar-refractivity contribution is 6.02. The number of aryl methyl sites for hydroxylation is 2. The monoisotopic (exact) mass is 456 g/mol. The minimum atomic E-state index is -0.814. The van der Waals surface area contributed by atoms with Crippen molar-refractivity contribution in [3.63, 3.8) is 0 Å². The van der Waals surface area contributed by atoms with E-state index in [4.69, 9.17) is 4.74 Å². The summed E-state index contributed by atoms with van der Waals surface area (Å²) in [7, 11) is 0. The molecule has 1 heterocycles. The topological polar surface area (TPSA) is 95.9 Å². The van der Waals surface area contributed by atoms with Gasteiger partial charge in [-0.3, -0.25) is 14.4 Å². The minimum absolute atomic E-state index is 0.133. The molecule has 1 fully saturated rings. The maximum Gasteiger partial charge on any atom is 0.310 e. The third-order valence-electron chi connectivity index (χ3n) is 7.07. The molecule has 1 aromatic rings. The summed E-state index contributed by atoms with van der Waals surface area (Å²) in [6.45, 7) is 9.46. The Labute approximate surface area is 196 Å². The van der Waals surface area contributed by atoms with Crippen molar-refractivity contribution >= 4 is 23.5 Å². The molecule has 7 heteroatoms. The number of esters is 1. The highest BCUT2D eigenvalue weighted by Crippen LogP contribution is 2.46. The van der Waals surface area contributed by atoms with Gasteiger partial charge in [0.2, 0.25) is 11.8 Å². The number of aliphatic hydroxyl groups is 1. The van der Waals surface area contributed by atoms with Crippen LogP contribution in [-0.4, -0.2) is 53.1 Å². The van der Waals surface area contributed by atoms with Crippen molar-refractivity contribution < 1.29 is 24.2 Å². The van der Waals surface area contributed by atoms with Gasteiger partial charge >= 0.3 is 5.97 Å². The summed E-state index contributed by atoms with van der Waals surface area (Å²) in [6.07, 6.45) is 5.06. The SMILES string of the molecule is CCOC(=O)[C@H]1[C@@H]2C(=O)N([C@@H](CC)CO)[C@H](C(=O)Nc3cc(C)ccc3C)[C@H]2C=C[C@H]1CC. The second kappa shape index (κ2) is 10.5. The van der Waals surface area contributed by atoms with Crippen molar-refractivity contribution in [2.24, 2.45) is 23.7 Å². The number of carbonyl (C=O) groups is 3. The molecule has 2 amide bonds. The number of likely N-dealkylation sites (tertiary alicyclic amines) is 1. The van der Waals surface area contributed by atoms with Crippen LogP contribution in [0.1, 0.15) is 44.7 Å². The molecular weight excluding hydrogens is 420 g/mol. The van der Waals surface area contributed by atoms with Crippen molar-refractivity contribution in [3.8, 4) is 0 Å². The first-order valence-corrected chi connectivity index (χ1v) is 11.9. The van der Waals surface area contributed by atoms with E-state index >= 15 is 0 Å². The molecule has 3 rings (SSSR count). The van der Waals surface area contributed by atoms with Crippen LogP contribution >= 0.6 is 0 Å².